The molecule has 1 N–H and O–H groups in total. The van der Waals surface area contributed by atoms with Crippen LogP contribution >= 0.6 is 0 Å². The van der Waals surface area contributed by atoms with E-state index in [0.29, 0.717) is 0 Å². The third kappa shape index (κ3) is 5.61. The van der Waals surface area contributed by atoms with Gasteiger partial charge in [0, 0.05) is 6.54 Å². The molecule has 0 saturated carbocycles. The monoisotopic (exact) mass is 387 g/mol. The number of carbonyl (C=O) groups is 1. The smallest absolute Gasteiger partial charge is 0.444 e. The summed E-state index contributed by atoms with van der Waals surface area (Å²) in [5.74, 6) is 0. The number of hydrogen-bond donors (Lipinski definition) is 1. The molecule has 28 heavy (non-hydrogen) atoms. The Labute approximate surface area is 170 Å². The number of benzene rings is 1. The van der Waals surface area contributed by atoms with E-state index in [4.69, 9.17) is 14.0 Å². The summed E-state index contributed by atoms with van der Waals surface area (Å²) in [6.07, 6.45) is 2.51. The minimum atomic E-state index is -0.549. The van der Waals surface area contributed by atoms with Crippen LogP contribution in [0.3, 0.4) is 0 Å². The van der Waals surface area contributed by atoms with Crippen LogP contribution in [0.1, 0.15) is 66.5 Å². The first-order chi connectivity index (χ1) is 12.8. The Morgan fingerprint density at radius 2 is 1.71 bits per heavy atom. The Bertz CT molecular complexity index is 718. The predicted octanol–water partition coefficient (Wildman–Crippen LogP) is 4.79. The van der Waals surface area contributed by atoms with Crippen molar-refractivity contribution in [3.05, 3.63) is 40.9 Å². The highest BCUT2D eigenvalue weighted by atomic mass is 16.7. The molecule has 2 rings (SSSR count). The molecule has 0 radical (unpaired) electrons. The van der Waals surface area contributed by atoms with Crippen LogP contribution in [-0.2, 0) is 20.5 Å². The normalized spacial score (nSPS) is 18.9. The van der Waals surface area contributed by atoms with Crippen molar-refractivity contribution in [2.45, 2.75) is 78.6 Å². The number of nitrogens with one attached hydrogen (secondary N) is 1. The maximum Gasteiger partial charge on any atom is 0.492 e. The molecule has 0 aromatic heterocycles. The molecule has 0 spiro atoms. The zero-order valence-corrected chi connectivity index (χ0v) is 18.5. The van der Waals surface area contributed by atoms with Gasteiger partial charge < -0.3 is 19.4 Å². The first-order valence-electron chi connectivity index (χ1n) is 9.95. The van der Waals surface area contributed by atoms with Crippen molar-refractivity contribution in [1.29, 1.82) is 0 Å². The molecular formula is C22H34BNO4. The number of carbonyl (C=O) groups excluding carboxylic acids is 1. The minimum absolute atomic E-state index is 0.282. The van der Waals surface area contributed by atoms with Gasteiger partial charge in [0.2, 0.25) is 0 Å². The lowest BCUT2D eigenvalue weighted by Gasteiger charge is -2.32. The van der Waals surface area contributed by atoms with Crippen LogP contribution in [0, 0.1) is 0 Å². The van der Waals surface area contributed by atoms with E-state index in [1.807, 2.05) is 60.6 Å². The average molecular weight is 387 g/mol. The van der Waals surface area contributed by atoms with Gasteiger partial charge in [-0.1, -0.05) is 37.3 Å². The van der Waals surface area contributed by atoms with Crippen molar-refractivity contribution in [2.75, 3.05) is 6.54 Å². The first kappa shape index (κ1) is 22.5. The molecule has 6 heteroatoms. The summed E-state index contributed by atoms with van der Waals surface area (Å²) < 4.78 is 17.8. The van der Waals surface area contributed by atoms with Gasteiger partial charge in [0.25, 0.3) is 0 Å². The van der Waals surface area contributed by atoms with E-state index in [1.165, 1.54) is 5.56 Å². The molecule has 0 bridgehead atoms. The zero-order valence-electron chi connectivity index (χ0n) is 18.5. The zero-order chi connectivity index (χ0) is 21.2. The van der Waals surface area contributed by atoms with Gasteiger partial charge in [-0.3, -0.25) is 0 Å². The lowest BCUT2D eigenvalue weighted by molar-refractivity contribution is 0.00578. The quantitative estimate of drug-likeness (QED) is 0.739. The molecule has 1 aliphatic heterocycles. The molecule has 5 nitrogen and oxygen atoms in total. The summed E-state index contributed by atoms with van der Waals surface area (Å²) >= 11 is 0. The third-order valence-corrected chi connectivity index (χ3v) is 5.17. The summed E-state index contributed by atoms with van der Waals surface area (Å²) in [6.45, 7) is 16.0. The van der Waals surface area contributed by atoms with Gasteiger partial charge in [-0.15, -0.1) is 0 Å². The fraction of sp³-hybridized carbons (Fsp3) is 0.591. The van der Waals surface area contributed by atoms with Crippen molar-refractivity contribution >= 4 is 19.3 Å². The molecule has 1 saturated heterocycles. The van der Waals surface area contributed by atoms with Crippen LogP contribution in [0.25, 0.3) is 6.08 Å². The van der Waals surface area contributed by atoms with Crippen LogP contribution in [-0.4, -0.2) is 36.6 Å². The third-order valence-electron chi connectivity index (χ3n) is 5.17. The lowest BCUT2D eigenvalue weighted by atomic mass is 9.76. The van der Waals surface area contributed by atoms with Gasteiger partial charge in [0.05, 0.1) is 11.2 Å². The molecule has 1 heterocycles. The molecule has 0 aliphatic carbocycles. The van der Waals surface area contributed by atoms with E-state index in [9.17, 15) is 4.79 Å². The van der Waals surface area contributed by atoms with Crippen LogP contribution < -0.4 is 5.32 Å². The van der Waals surface area contributed by atoms with Crippen molar-refractivity contribution in [3.8, 4) is 0 Å². The number of amides is 1. The standard InChI is InChI=1S/C22H34BNO4/c1-9-16-12-10-11-13-17(16)14-18(15-24-19(25)26-20(2,3)4)23-27-21(5,6)22(7,8)28-23/h10-14H,9,15H2,1-8H3,(H,24,25). The molecule has 0 unspecified atom stereocenters. The second kappa shape index (κ2) is 8.30. The maximum atomic E-state index is 12.2. The topological polar surface area (TPSA) is 56.8 Å². The van der Waals surface area contributed by atoms with Gasteiger partial charge in [-0.05, 0) is 71.5 Å². The van der Waals surface area contributed by atoms with Gasteiger partial charge in [-0.2, -0.15) is 0 Å². The van der Waals surface area contributed by atoms with Crippen molar-refractivity contribution in [2.24, 2.45) is 0 Å². The number of hydrogen-bond acceptors (Lipinski definition) is 4. The van der Waals surface area contributed by atoms with E-state index in [1.54, 1.807) is 0 Å². The van der Waals surface area contributed by atoms with E-state index in [0.717, 1.165) is 17.5 Å². The van der Waals surface area contributed by atoms with Gasteiger partial charge >= 0.3 is 13.2 Å². The maximum absolute atomic E-state index is 12.2. The predicted molar refractivity (Wildman–Crippen MR) is 114 cm³/mol. The SMILES string of the molecule is CCc1ccccc1C=C(CNC(=O)OC(C)(C)C)B1OC(C)(C)C(C)(C)O1. The van der Waals surface area contributed by atoms with Crippen molar-refractivity contribution < 1.29 is 18.8 Å². The Kier molecular flexibility index (Phi) is 6.67. The molecule has 154 valence electrons. The number of ether oxygens (including phenoxy) is 1. The van der Waals surface area contributed by atoms with Crippen LogP contribution in [0.4, 0.5) is 4.79 Å². The van der Waals surface area contributed by atoms with Gasteiger partial charge in [-0.25, -0.2) is 4.79 Å². The Balaban J connectivity index is 2.29. The summed E-state index contributed by atoms with van der Waals surface area (Å²) in [5.41, 5.74) is 1.73. The Morgan fingerprint density at radius 3 is 2.25 bits per heavy atom. The fourth-order valence-electron chi connectivity index (χ4n) is 2.88. The summed E-state index contributed by atoms with van der Waals surface area (Å²) in [6, 6.07) is 8.21. The molecular weight excluding hydrogens is 353 g/mol. The number of alkyl carbamates (subject to hydrolysis) is 1. The number of rotatable bonds is 5. The van der Waals surface area contributed by atoms with Crippen molar-refractivity contribution in [1.82, 2.24) is 5.32 Å². The van der Waals surface area contributed by atoms with Gasteiger partial charge in [0.1, 0.15) is 5.60 Å². The molecule has 1 fully saturated rings. The van der Waals surface area contributed by atoms with Crippen LogP contribution in [0.2, 0.25) is 0 Å². The van der Waals surface area contributed by atoms with Crippen molar-refractivity contribution in [3.63, 3.8) is 0 Å². The molecule has 0 atom stereocenters. The molecule has 1 aromatic carbocycles. The second-order valence-electron chi connectivity index (χ2n) is 9.22. The Morgan fingerprint density at radius 1 is 1.14 bits per heavy atom. The minimum Gasteiger partial charge on any atom is -0.444 e. The second-order valence-corrected chi connectivity index (χ2v) is 9.22. The Hall–Kier alpha value is -1.79. The lowest BCUT2D eigenvalue weighted by Crippen LogP contribution is -2.41. The summed E-state index contributed by atoms with van der Waals surface area (Å²) in [5, 5.41) is 2.84. The first-order valence-corrected chi connectivity index (χ1v) is 9.95. The molecule has 1 amide bonds. The van der Waals surface area contributed by atoms with E-state index in [-0.39, 0.29) is 6.54 Å². The summed E-state index contributed by atoms with van der Waals surface area (Å²) in [4.78, 5) is 12.2. The van der Waals surface area contributed by atoms with Crippen LogP contribution in [0.5, 0.6) is 0 Å². The molecule has 1 aromatic rings. The van der Waals surface area contributed by atoms with Crippen LogP contribution in [0.15, 0.2) is 29.7 Å². The highest BCUT2D eigenvalue weighted by Crippen LogP contribution is 2.38. The molecule has 1 aliphatic rings. The highest BCUT2D eigenvalue weighted by molar-refractivity contribution is 6.56. The van der Waals surface area contributed by atoms with Gasteiger partial charge in [0.15, 0.2) is 0 Å². The number of aryl methyl sites for hydroxylation is 1. The fourth-order valence-corrected chi connectivity index (χ4v) is 2.88. The average Bonchev–Trinajstić information content (AvgIpc) is 2.78. The summed E-state index contributed by atoms with van der Waals surface area (Å²) in [7, 11) is -0.537. The largest absolute Gasteiger partial charge is 0.492 e. The van der Waals surface area contributed by atoms with E-state index >= 15 is 0 Å². The van der Waals surface area contributed by atoms with E-state index < -0.39 is 30.0 Å². The highest BCUT2D eigenvalue weighted by Gasteiger charge is 2.52. The van der Waals surface area contributed by atoms with E-state index in [2.05, 4.69) is 30.4 Å².